The van der Waals surface area contributed by atoms with Gasteiger partial charge in [-0.15, -0.1) is 0 Å². The summed E-state index contributed by atoms with van der Waals surface area (Å²) in [5.41, 5.74) is 9.92. The highest BCUT2D eigenvalue weighted by molar-refractivity contribution is 6.26. The highest BCUT2D eigenvalue weighted by Crippen LogP contribution is 2.48. The van der Waals surface area contributed by atoms with Gasteiger partial charge in [-0.05, 0) is 133 Å². The second-order valence-corrected chi connectivity index (χ2v) is 14.4. The molecule has 11 aromatic rings. The maximum Gasteiger partial charge on any atom is -0.00199 e. The minimum Gasteiger partial charge on any atom is -0.0622 e. The molecule has 0 fully saturated rings. The Bertz CT molecular complexity index is 3260. The second-order valence-electron chi connectivity index (χ2n) is 14.4. The molecule has 0 amide bonds. The summed E-state index contributed by atoms with van der Waals surface area (Å²) in [4.78, 5) is 0. The van der Waals surface area contributed by atoms with Crippen LogP contribution in [0.4, 0.5) is 0 Å². The van der Waals surface area contributed by atoms with E-state index in [4.69, 9.17) is 0 Å². The summed E-state index contributed by atoms with van der Waals surface area (Å²) in [6.45, 7) is 0. The van der Waals surface area contributed by atoms with Crippen LogP contribution in [-0.2, 0) is 0 Å². The van der Waals surface area contributed by atoms with Gasteiger partial charge in [0.15, 0.2) is 0 Å². The molecule has 250 valence electrons. The third kappa shape index (κ3) is 4.78. The first-order chi connectivity index (χ1) is 26.8. The van der Waals surface area contributed by atoms with E-state index in [-0.39, 0.29) is 0 Å². The smallest absolute Gasteiger partial charge is 0.00199 e. The van der Waals surface area contributed by atoms with E-state index in [1.165, 1.54) is 109 Å². The summed E-state index contributed by atoms with van der Waals surface area (Å²) in [6, 6.07) is 76.2. The zero-order valence-electron chi connectivity index (χ0n) is 29.6. The summed E-state index contributed by atoms with van der Waals surface area (Å²) in [6.07, 6.45) is 0. The van der Waals surface area contributed by atoms with E-state index in [1.54, 1.807) is 0 Å². The molecular formula is C54H34. The zero-order valence-corrected chi connectivity index (χ0v) is 29.6. The number of fused-ring (bicyclic) bond motifs is 8. The lowest BCUT2D eigenvalue weighted by Gasteiger charge is -2.21. The van der Waals surface area contributed by atoms with E-state index in [2.05, 4.69) is 206 Å². The summed E-state index contributed by atoms with van der Waals surface area (Å²) < 4.78 is 0. The van der Waals surface area contributed by atoms with Crippen LogP contribution in [-0.4, -0.2) is 0 Å². The van der Waals surface area contributed by atoms with Crippen molar-refractivity contribution < 1.29 is 0 Å². The van der Waals surface area contributed by atoms with Crippen molar-refractivity contribution in [2.24, 2.45) is 0 Å². The Morgan fingerprint density at radius 3 is 1.31 bits per heavy atom. The van der Waals surface area contributed by atoms with Gasteiger partial charge in [0.1, 0.15) is 0 Å². The average Bonchev–Trinajstić information content (AvgIpc) is 3.25. The molecule has 0 heterocycles. The Labute approximate surface area is 314 Å². The third-order valence-electron chi connectivity index (χ3n) is 11.4. The fourth-order valence-corrected chi connectivity index (χ4v) is 8.99. The van der Waals surface area contributed by atoms with Crippen LogP contribution in [0.2, 0.25) is 0 Å². The number of rotatable bonds is 4. The van der Waals surface area contributed by atoms with Crippen molar-refractivity contribution in [1.29, 1.82) is 0 Å². The van der Waals surface area contributed by atoms with Gasteiger partial charge in [0, 0.05) is 0 Å². The van der Waals surface area contributed by atoms with Crippen molar-refractivity contribution in [2.45, 2.75) is 0 Å². The third-order valence-corrected chi connectivity index (χ3v) is 11.4. The molecule has 0 unspecified atom stereocenters. The number of hydrogen-bond acceptors (Lipinski definition) is 0. The van der Waals surface area contributed by atoms with Crippen LogP contribution >= 0.6 is 0 Å². The largest absolute Gasteiger partial charge is 0.0622 e. The molecule has 0 saturated carbocycles. The Morgan fingerprint density at radius 1 is 0.185 bits per heavy atom. The predicted octanol–water partition coefficient (Wildman–Crippen LogP) is 15.3. The molecule has 11 rings (SSSR count). The number of hydrogen-bond donors (Lipinski definition) is 0. The first-order valence-corrected chi connectivity index (χ1v) is 18.8. The van der Waals surface area contributed by atoms with Crippen LogP contribution in [0.25, 0.3) is 109 Å². The van der Waals surface area contributed by atoms with Gasteiger partial charge in [0.2, 0.25) is 0 Å². The van der Waals surface area contributed by atoms with Gasteiger partial charge in [-0.1, -0.05) is 182 Å². The Balaban J connectivity index is 1.25. The van der Waals surface area contributed by atoms with E-state index < -0.39 is 0 Å². The van der Waals surface area contributed by atoms with Crippen LogP contribution in [0.15, 0.2) is 206 Å². The van der Waals surface area contributed by atoms with Crippen LogP contribution in [0.5, 0.6) is 0 Å². The summed E-state index contributed by atoms with van der Waals surface area (Å²) in [5.74, 6) is 0. The molecule has 0 bridgehead atoms. The molecule has 0 radical (unpaired) electrons. The highest BCUT2D eigenvalue weighted by Gasteiger charge is 2.20. The summed E-state index contributed by atoms with van der Waals surface area (Å²) in [5, 5.41) is 15.2. The first kappa shape index (κ1) is 30.6. The molecule has 11 aromatic carbocycles. The lowest BCUT2D eigenvalue weighted by Crippen LogP contribution is -1.93. The molecule has 0 aliphatic rings. The van der Waals surface area contributed by atoms with Gasteiger partial charge in [0.25, 0.3) is 0 Å². The standard InChI is InChI=1S/C54H34/c1-2-15-35(16-3-1)36-29-30-49-52(32-36)53(40-20-14-19-37(31-40)50-33-38-17-4-6-21-41(38)43-23-8-10-25-45(43)50)47-27-12-13-28-48(47)54(49)51-34-39-18-5-7-22-42(39)44-24-9-11-26-46(44)51/h1-34H. The quantitative estimate of drug-likeness (QED) is 0.128. The molecule has 0 atom stereocenters. The van der Waals surface area contributed by atoms with Gasteiger partial charge in [-0.3, -0.25) is 0 Å². The fraction of sp³-hybridized carbons (Fsp3) is 0. The minimum atomic E-state index is 1.21. The van der Waals surface area contributed by atoms with Crippen molar-refractivity contribution in [3.8, 4) is 44.5 Å². The van der Waals surface area contributed by atoms with E-state index in [9.17, 15) is 0 Å². The van der Waals surface area contributed by atoms with Gasteiger partial charge < -0.3 is 0 Å². The fourth-order valence-electron chi connectivity index (χ4n) is 8.99. The van der Waals surface area contributed by atoms with Gasteiger partial charge in [0.05, 0.1) is 0 Å². The van der Waals surface area contributed by atoms with Crippen LogP contribution in [0.3, 0.4) is 0 Å². The van der Waals surface area contributed by atoms with E-state index in [0.717, 1.165) is 0 Å². The summed E-state index contributed by atoms with van der Waals surface area (Å²) >= 11 is 0. The summed E-state index contributed by atoms with van der Waals surface area (Å²) in [7, 11) is 0. The molecule has 0 saturated heterocycles. The molecule has 0 N–H and O–H groups in total. The van der Waals surface area contributed by atoms with Crippen molar-refractivity contribution >= 4 is 64.6 Å². The Hall–Kier alpha value is -7.02. The number of benzene rings is 11. The molecule has 54 heavy (non-hydrogen) atoms. The Kier molecular flexibility index (Phi) is 6.97. The second kappa shape index (κ2) is 12.3. The molecule has 0 nitrogen and oxygen atoms in total. The van der Waals surface area contributed by atoms with Crippen molar-refractivity contribution in [3.63, 3.8) is 0 Å². The maximum absolute atomic E-state index is 2.43. The lowest BCUT2D eigenvalue weighted by molar-refractivity contribution is 1.63. The molecule has 0 aromatic heterocycles. The molecule has 0 heteroatoms. The van der Waals surface area contributed by atoms with Crippen molar-refractivity contribution in [3.05, 3.63) is 206 Å². The molecule has 0 spiro atoms. The van der Waals surface area contributed by atoms with Gasteiger partial charge in [-0.25, -0.2) is 0 Å². The Morgan fingerprint density at radius 2 is 0.648 bits per heavy atom. The van der Waals surface area contributed by atoms with Crippen LogP contribution < -0.4 is 0 Å². The van der Waals surface area contributed by atoms with E-state index in [0.29, 0.717) is 0 Å². The monoisotopic (exact) mass is 682 g/mol. The minimum absolute atomic E-state index is 1.21. The molecule has 0 aliphatic heterocycles. The van der Waals surface area contributed by atoms with E-state index in [1.807, 2.05) is 0 Å². The van der Waals surface area contributed by atoms with Crippen LogP contribution in [0.1, 0.15) is 0 Å². The van der Waals surface area contributed by atoms with E-state index >= 15 is 0 Å². The van der Waals surface area contributed by atoms with Crippen molar-refractivity contribution in [1.82, 2.24) is 0 Å². The SMILES string of the molecule is c1ccc(-c2ccc3c(-c4cc5ccccc5c5ccccc45)c4ccccc4c(-c4cccc(-c5cc6ccccc6c6ccccc56)c4)c3c2)cc1. The molecule has 0 aliphatic carbocycles. The topological polar surface area (TPSA) is 0 Å². The van der Waals surface area contributed by atoms with Gasteiger partial charge >= 0.3 is 0 Å². The lowest BCUT2D eigenvalue weighted by atomic mass is 9.82. The van der Waals surface area contributed by atoms with Crippen LogP contribution in [0, 0.1) is 0 Å². The van der Waals surface area contributed by atoms with Crippen molar-refractivity contribution in [2.75, 3.05) is 0 Å². The molecular weight excluding hydrogens is 649 g/mol. The maximum atomic E-state index is 2.43. The normalized spacial score (nSPS) is 11.7. The predicted molar refractivity (Wildman–Crippen MR) is 233 cm³/mol. The highest BCUT2D eigenvalue weighted by atomic mass is 14.2. The first-order valence-electron chi connectivity index (χ1n) is 18.8. The van der Waals surface area contributed by atoms with Gasteiger partial charge in [-0.2, -0.15) is 0 Å². The average molecular weight is 683 g/mol. The zero-order chi connectivity index (χ0) is 35.6.